The van der Waals surface area contributed by atoms with Crippen LogP contribution in [0.4, 0.5) is 0 Å². The van der Waals surface area contributed by atoms with Gasteiger partial charge in [-0.1, -0.05) is 6.07 Å². The van der Waals surface area contributed by atoms with Gasteiger partial charge in [-0.3, -0.25) is 19.3 Å². The molecule has 0 bridgehead atoms. The molecule has 0 fully saturated rings. The average Bonchev–Trinajstić information content (AvgIpc) is 2.34. The third-order valence-corrected chi connectivity index (χ3v) is 2.24. The Labute approximate surface area is 104 Å². The number of carbonyl (C=O) groups is 3. The molecule has 6 nitrogen and oxygen atoms in total. The van der Waals surface area contributed by atoms with Crippen molar-refractivity contribution in [2.24, 2.45) is 0 Å². The Balaban J connectivity index is 3.01. The van der Waals surface area contributed by atoms with E-state index in [0.717, 1.165) is 6.92 Å². The molecule has 0 atom stereocenters. The van der Waals surface area contributed by atoms with Crippen molar-refractivity contribution in [1.82, 2.24) is 4.90 Å². The molecule has 0 saturated carbocycles. The summed E-state index contributed by atoms with van der Waals surface area (Å²) in [6.07, 6.45) is 0. The monoisotopic (exact) mass is 251 g/mol. The van der Waals surface area contributed by atoms with Crippen LogP contribution in [0.15, 0.2) is 24.3 Å². The highest BCUT2D eigenvalue weighted by Gasteiger charge is 2.22. The Morgan fingerprint density at radius 3 is 2.50 bits per heavy atom. The SMILES string of the molecule is COc1cccc(C(=O)N(CC(=O)O)C(C)=O)c1. The van der Waals surface area contributed by atoms with Crippen molar-refractivity contribution < 1.29 is 24.2 Å². The summed E-state index contributed by atoms with van der Waals surface area (Å²) < 4.78 is 4.95. The largest absolute Gasteiger partial charge is 0.497 e. The predicted octanol–water partition coefficient (Wildman–Crippen LogP) is 0.768. The first-order valence-corrected chi connectivity index (χ1v) is 5.14. The van der Waals surface area contributed by atoms with E-state index in [1.54, 1.807) is 12.1 Å². The molecule has 0 spiro atoms. The van der Waals surface area contributed by atoms with E-state index in [1.165, 1.54) is 19.2 Å². The van der Waals surface area contributed by atoms with E-state index in [4.69, 9.17) is 9.84 Å². The van der Waals surface area contributed by atoms with Crippen LogP contribution >= 0.6 is 0 Å². The van der Waals surface area contributed by atoms with Crippen LogP contribution in [0.1, 0.15) is 17.3 Å². The summed E-state index contributed by atoms with van der Waals surface area (Å²) in [5.41, 5.74) is 0.200. The Morgan fingerprint density at radius 1 is 1.33 bits per heavy atom. The topological polar surface area (TPSA) is 83.9 Å². The van der Waals surface area contributed by atoms with Crippen LogP contribution in [0.3, 0.4) is 0 Å². The molecule has 1 aromatic rings. The van der Waals surface area contributed by atoms with Gasteiger partial charge in [0.25, 0.3) is 5.91 Å². The van der Waals surface area contributed by atoms with Crippen molar-refractivity contribution in [3.63, 3.8) is 0 Å². The molecule has 2 amide bonds. The minimum atomic E-state index is -1.25. The summed E-state index contributed by atoms with van der Waals surface area (Å²) in [5.74, 6) is -2.07. The number of aliphatic carboxylic acids is 1. The van der Waals surface area contributed by atoms with Gasteiger partial charge in [-0.2, -0.15) is 0 Å². The van der Waals surface area contributed by atoms with Crippen LogP contribution in [-0.2, 0) is 9.59 Å². The van der Waals surface area contributed by atoms with Crippen LogP contribution in [0.2, 0.25) is 0 Å². The molecular formula is C12H13NO5. The molecule has 0 heterocycles. The third-order valence-electron chi connectivity index (χ3n) is 2.24. The minimum absolute atomic E-state index is 0.200. The van der Waals surface area contributed by atoms with Crippen molar-refractivity contribution >= 4 is 17.8 Å². The smallest absolute Gasteiger partial charge is 0.323 e. The van der Waals surface area contributed by atoms with Crippen molar-refractivity contribution in [3.05, 3.63) is 29.8 Å². The van der Waals surface area contributed by atoms with Gasteiger partial charge in [0.1, 0.15) is 12.3 Å². The Bertz CT molecular complexity index is 483. The molecule has 1 rings (SSSR count). The molecule has 1 N–H and O–H groups in total. The van der Waals surface area contributed by atoms with Gasteiger partial charge >= 0.3 is 5.97 Å². The van der Waals surface area contributed by atoms with Crippen LogP contribution in [0.5, 0.6) is 5.75 Å². The number of methoxy groups -OCH3 is 1. The number of carboxylic acids is 1. The summed E-state index contributed by atoms with van der Waals surface area (Å²) in [4.78, 5) is 34.5. The fourth-order valence-corrected chi connectivity index (χ4v) is 1.37. The number of carbonyl (C=O) groups excluding carboxylic acids is 2. The number of imide groups is 1. The van der Waals surface area contributed by atoms with Gasteiger partial charge in [-0.05, 0) is 18.2 Å². The highest BCUT2D eigenvalue weighted by atomic mass is 16.5. The number of carboxylic acid groups (broad SMARTS) is 1. The van der Waals surface area contributed by atoms with Gasteiger partial charge in [-0.25, -0.2) is 0 Å². The second-order valence-electron chi connectivity index (χ2n) is 3.54. The van der Waals surface area contributed by atoms with E-state index in [9.17, 15) is 14.4 Å². The molecule has 0 aliphatic heterocycles. The zero-order valence-corrected chi connectivity index (χ0v) is 10.0. The number of ether oxygens (including phenoxy) is 1. The average molecular weight is 251 g/mol. The molecule has 96 valence electrons. The Kier molecular flexibility index (Phi) is 4.42. The number of rotatable bonds is 4. The van der Waals surface area contributed by atoms with Gasteiger partial charge in [-0.15, -0.1) is 0 Å². The van der Waals surface area contributed by atoms with Crippen molar-refractivity contribution in [2.75, 3.05) is 13.7 Å². The zero-order valence-electron chi connectivity index (χ0n) is 10.0. The maximum atomic E-state index is 12.0. The first-order chi connectivity index (χ1) is 8.45. The fourth-order valence-electron chi connectivity index (χ4n) is 1.37. The number of benzene rings is 1. The summed E-state index contributed by atoms with van der Waals surface area (Å²) >= 11 is 0. The van der Waals surface area contributed by atoms with E-state index in [1.807, 2.05) is 0 Å². The summed E-state index contributed by atoms with van der Waals surface area (Å²) in [5, 5.41) is 8.66. The van der Waals surface area contributed by atoms with Crippen LogP contribution < -0.4 is 4.74 Å². The number of amides is 2. The maximum absolute atomic E-state index is 12.0. The van der Waals surface area contributed by atoms with Gasteiger partial charge < -0.3 is 9.84 Å². The Morgan fingerprint density at radius 2 is 2.00 bits per heavy atom. The molecule has 0 aromatic heterocycles. The van der Waals surface area contributed by atoms with Gasteiger partial charge in [0.2, 0.25) is 5.91 Å². The highest BCUT2D eigenvalue weighted by molar-refractivity contribution is 6.05. The highest BCUT2D eigenvalue weighted by Crippen LogP contribution is 2.14. The quantitative estimate of drug-likeness (QED) is 0.854. The minimum Gasteiger partial charge on any atom is -0.497 e. The van der Waals surface area contributed by atoms with Crippen LogP contribution in [0, 0.1) is 0 Å². The van der Waals surface area contributed by atoms with Crippen molar-refractivity contribution in [3.8, 4) is 5.75 Å². The molecule has 0 radical (unpaired) electrons. The van der Waals surface area contributed by atoms with E-state index in [0.29, 0.717) is 10.6 Å². The first-order valence-electron chi connectivity index (χ1n) is 5.14. The van der Waals surface area contributed by atoms with Crippen LogP contribution in [0.25, 0.3) is 0 Å². The lowest BCUT2D eigenvalue weighted by atomic mass is 10.2. The summed E-state index contributed by atoms with van der Waals surface area (Å²) in [7, 11) is 1.45. The first kappa shape index (κ1) is 13.7. The van der Waals surface area contributed by atoms with Gasteiger partial charge in [0, 0.05) is 12.5 Å². The van der Waals surface area contributed by atoms with E-state index >= 15 is 0 Å². The van der Waals surface area contributed by atoms with E-state index < -0.39 is 24.3 Å². The lowest BCUT2D eigenvalue weighted by molar-refractivity contribution is -0.142. The van der Waals surface area contributed by atoms with Gasteiger partial charge in [0.05, 0.1) is 7.11 Å². The third kappa shape index (κ3) is 3.31. The van der Waals surface area contributed by atoms with E-state index in [2.05, 4.69) is 0 Å². The summed E-state index contributed by atoms with van der Waals surface area (Å²) in [6, 6.07) is 6.17. The molecule has 0 aliphatic rings. The standard InChI is InChI=1S/C12H13NO5/c1-8(14)13(7-11(15)16)12(17)9-4-3-5-10(6-9)18-2/h3-6H,7H2,1-2H3,(H,15,16). The maximum Gasteiger partial charge on any atom is 0.323 e. The van der Waals surface area contributed by atoms with Crippen molar-refractivity contribution in [1.29, 1.82) is 0 Å². The normalized spacial score (nSPS) is 9.67. The lowest BCUT2D eigenvalue weighted by Gasteiger charge is -2.17. The molecule has 0 saturated heterocycles. The molecular weight excluding hydrogens is 238 g/mol. The zero-order chi connectivity index (χ0) is 13.7. The molecule has 18 heavy (non-hydrogen) atoms. The van der Waals surface area contributed by atoms with Crippen molar-refractivity contribution in [2.45, 2.75) is 6.92 Å². The predicted molar refractivity (Wildman–Crippen MR) is 62.3 cm³/mol. The van der Waals surface area contributed by atoms with Crippen LogP contribution in [-0.4, -0.2) is 41.4 Å². The molecule has 1 aromatic carbocycles. The molecule has 0 aliphatic carbocycles. The number of nitrogens with zero attached hydrogens (tertiary/aromatic N) is 1. The van der Waals surface area contributed by atoms with E-state index in [-0.39, 0.29) is 5.56 Å². The Hall–Kier alpha value is -2.37. The van der Waals surface area contributed by atoms with Gasteiger partial charge in [0.15, 0.2) is 0 Å². The second kappa shape index (κ2) is 5.81. The lowest BCUT2D eigenvalue weighted by Crippen LogP contribution is -2.39. The number of hydrogen-bond acceptors (Lipinski definition) is 4. The summed E-state index contributed by atoms with van der Waals surface area (Å²) in [6.45, 7) is 0.479. The molecule has 6 heteroatoms. The number of hydrogen-bond donors (Lipinski definition) is 1. The fraction of sp³-hybridized carbons (Fsp3) is 0.250. The molecule has 0 unspecified atom stereocenters. The second-order valence-corrected chi connectivity index (χ2v) is 3.54.